The summed E-state index contributed by atoms with van der Waals surface area (Å²) >= 11 is 1.15. The normalized spacial score (nSPS) is 25.3. The Kier molecular flexibility index (Phi) is 7.27. The number of rotatable bonds is 6. The van der Waals surface area contributed by atoms with E-state index in [1.165, 1.54) is 24.3 Å². The Balaban J connectivity index is 1.07. The van der Waals surface area contributed by atoms with Crippen molar-refractivity contribution in [1.82, 2.24) is 20.1 Å². The number of nitrogens with zero attached hydrogens (tertiary/aromatic N) is 4. The number of alkyl halides is 1. The molecule has 1 saturated carbocycles. The third kappa shape index (κ3) is 5.19. The molecular formula is C30H33FN5O6PS. The average molecular weight is 642 g/mol. The van der Waals surface area contributed by atoms with E-state index in [0.717, 1.165) is 55.7 Å². The first kappa shape index (κ1) is 29.3. The third-order valence-corrected chi connectivity index (χ3v) is 11.5. The van der Waals surface area contributed by atoms with Gasteiger partial charge in [0, 0.05) is 23.5 Å². The highest BCUT2D eigenvalue weighted by Gasteiger charge is 2.58. The van der Waals surface area contributed by atoms with Crippen molar-refractivity contribution in [3.05, 3.63) is 59.2 Å². The SMILES string of the molecule is O=C(N[C@H]1CCC[C@H]2CC[C@@H](C(=O)N3CN(c4cccnc4)CC34CC4)N2C1=O)c1cc2cc([C@@H](F)P(=O)(O)O)ccc2s1. The number of carbonyl (C=O) groups excluding carboxylic acids is 3. The Bertz CT molecular complexity index is 1680. The number of anilines is 1. The van der Waals surface area contributed by atoms with Gasteiger partial charge in [0.15, 0.2) is 0 Å². The van der Waals surface area contributed by atoms with Gasteiger partial charge >= 0.3 is 7.60 Å². The minimum absolute atomic E-state index is 0.0292. The van der Waals surface area contributed by atoms with Gasteiger partial charge in [0.1, 0.15) is 12.1 Å². The number of thiophene rings is 1. The molecule has 2 aromatic heterocycles. The maximum absolute atomic E-state index is 14.2. The molecule has 1 aliphatic carbocycles. The number of hydrogen-bond acceptors (Lipinski definition) is 7. The molecule has 1 aromatic carbocycles. The van der Waals surface area contributed by atoms with E-state index < -0.39 is 31.5 Å². The van der Waals surface area contributed by atoms with Crippen molar-refractivity contribution in [2.24, 2.45) is 0 Å². The summed E-state index contributed by atoms with van der Waals surface area (Å²) in [6.07, 6.45) is 8.69. The van der Waals surface area contributed by atoms with Gasteiger partial charge in [-0.3, -0.25) is 23.9 Å². The first-order valence-electron chi connectivity index (χ1n) is 14.9. The summed E-state index contributed by atoms with van der Waals surface area (Å²) in [6.45, 7) is 1.20. The van der Waals surface area contributed by atoms with E-state index in [4.69, 9.17) is 0 Å². The Morgan fingerprint density at radius 3 is 2.68 bits per heavy atom. The van der Waals surface area contributed by atoms with Crippen LogP contribution in [0.5, 0.6) is 0 Å². The number of amides is 3. The molecule has 232 valence electrons. The van der Waals surface area contributed by atoms with Crippen LogP contribution in [0.2, 0.25) is 0 Å². The zero-order valence-corrected chi connectivity index (χ0v) is 25.6. The second-order valence-electron chi connectivity index (χ2n) is 12.3. The van der Waals surface area contributed by atoms with Gasteiger partial charge in [0.2, 0.25) is 17.7 Å². The molecule has 3 N–H and O–H groups in total. The van der Waals surface area contributed by atoms with Crippen molar-refractivity contribution in [3.8, 4) is 0 Å². The largest absolute Gasteiger partial charge is 0.363 e. The summed E-state index contributed by atoms with van der Waals surface area (Å²) in [4.78, 5) is 70.3. The molecule has 44 heavy (non-hydrogen) atoms. The molecule has 5 heterocycles. The highest BCUT2D eigenvalue weighted by Crippen LogP contribution is 2.53. The van der Waals surface area contributed by atoms with Gasteiger partial charge < -0.3 is 29.8 Å². The molecule has 3 aliphatic heterocycles. The van der Waals surface area contributed by atoms with Gasteiger partial charge in [-0.2, -0.15) is 0 Å². The molecule has 3 aromatic rings. The Labute approximate surface area is 257 Å². The molecule has 14 heteroatoms. The van der Waals surface area contributed by atoms with Gasteiger partial charge in [-0.15, -0.1) is 11.3 Å². The van der Waals surface area contributed by atoms with Crippen molar-refractivity contribution in [2.45, 2.75) is 74.5 Å². The van der Waals surface area contributed by atoms with Crippen LogP contribution in [0, 0.1) is 0 Å². The monoisotopic (exact) mass is 641 g/mol. The van der Waals surface area contributed by atoms with E-state index in [1.807, 2.05) is 17.0 Å². The van der Waals surface area contributed by atoms with Crippen LogP contribution in [0.15, 0.2) is 48.8 Å². The third-order valence-electron chi connectivity index (χ3n) is 9.48. The Morgan fingerprint density at radius 1 is 1.14 bits per heavy atom. The van der Waals surface area contributed by atoms with E-state index >= 15 is 0 Å². The molecule has 11 nitrogen and oxygen atoms in total. The van der Waals surface area contributed by atoms with Crippen LogP contribution in [-0.2, 0) is 14.2 Å². The summed E-state index contributed by atoms with van der Waals surface area (Å²) in [6, 6.07) is 8.16. The van der Waals surface area contributed by atoms with Crippen LogP contribution in [0.25, 0.3) is 10.1 Å². The van der Waals surface area contributed by atoms with Crippen molar-refractivity contribution < 1.29 is 33.1 Å². The first-order chi connectivity index (χ1) is 21.0. The van der Waals surface area contributed by atoms with Gasteiger partial charge in [-0.1, -0.05) is 6.07 Å². The minimum Gasteiger partial charge on any atom is -0.350 e. The van der Waals surface area contributed by atoms with Crippen LogP contribution in [0.3, 0.4) is 0 Å². The molecule has 4 atom stereocenters. The summed E-state index contributed by atoms with van der Waals surface area (Å²) in [5, 5.41) is 3.37. The summed E-state index contributed by atoms with van der Waals surface area (Å²) in [5.41, 5.74) is 0.595. The predicted octanol–water partition coefficient (Wildman–Crippen LogP) is 3.92. The van der Waals surface area contributed by atoms with E-state index in [0.29, 0.717) is 34.5 Å². The Hall–Kier alpha value is -3.38. The molecule has 3 amide bonds. The van der Waals surface area contributed by atoms with Gasteiger partial charge in [-0.25, -0.2) is 4.39 Å². The second-order valence-corrected chi connectivity index (χ2v) is 15.0. The minimum atomic E-state index is -4.97. The number of halogens is 1. The van der Waals surface area contributed by atoms with Crippen LogP contribution in [0.4, 0.5) is 10.1 Å². The number of fused-ring (bicyclic) bond motifs is 2. The molecule has 4 fully saturated rings. The zero-order chi connectivity index (χ0) is 30.8. The lowest BCUT2D eigenvalue weighted by Gasteiger charge is -2.34. The fourth-order valence-corrected chi connectivity index (χ4v) is 8.56. The van der Waals surface area contributed by atoms with Crippen LogP contribution in [0.1, 0.15) is 66.1 Å². The van der Waals surface area contributed by atoms with E-state index in [-0.39, 0.29) is 29.0 Å². The number of carbonyl (C=O) groups is 3. The maximum Gasteiger partial charge on any atom is 0.363 e. The van der Waals surface area contributed by atoms with Gasteiger partial charge in [-0.05, 0) is 86.2 Å². The fourth-order valence-electron chi connectivity index (χ4n) is 7.06. The molecule has 4 aliphatic rings. The van der Waals surface area contributed by atoms with Crippen molar-refractivity contribution in [3.63, 3.8) is 0 Å². The van der Waals surface area contributed by atoms with E-state index in [2.05, 4.69) is 15.2 Å². The van der Waals surface area contributed by atoms with Gasteiger partial charge in [0.05, 0.1) is 29.0 Å². The second kappa shape index (κ2) is 10.9. The lowest BCUT2D eigenvalue weighted by atomic mass is 10.1. The number of hydrogen-bond donors (Lipinski definition) is 3. The van der Waals surface area contributed by atoms with E-state index in [1.54, 1.807) is 17.3 Å². The van der Waals surface area contributed by atoms with Crippen LogP contribution < -0.4 is 10.2 Å². The van der Waals surface area contributed by atoms with Crippen molar-refractivity contribution in [2.75, 3.05) is 18.1 Å². The fraction of sp³-hybridized carbons (Fsp3) is 0.467. The number of aromatic nitrogens is 1. The van der Waals surface area contributed by atoms with Crippen LogP contribution >= 0.6 is 18.9 Å². The summed E-state index contributed by atoms with van der Waals surface area (Å²) in [7, 11) is -4.97. The maximum atomic E-state index is 14.2. The molecule has 7 rings (SSSR count). The van der Waals surface area contributed by atoms with Gasteiger partial charge in [0.25, 0.3) is 5.91 Å². The quantitative estimate of drug-likeness (QED) is 0.344. The number of benzene rings is 1. The highest BCUT2D eigenvalue weighted by atomic mass is 32.1. The molecule has 0 unspecified atom stereocenters. The lowest BCUT2D eigenvalue weighted by molar-refractivity contribution is -0.146. The number of pyridine rings is 1. The van der Waals surface area contributed by atoms with Crippen molar-refractivity contribution in [1.29, 1.82) is 0 Å². The predicted molar refractivity (Wildman–Crippen MR) is 162 cm³/mol. The first-order valence-corrected chi connectivity index (χ1v) is 17.4. The smallest absolute Gasteiger partial charge is 0.350 e. The highest BCUT2D eigenvalue weighted by molar-refractivity contribution is 7.51. The Morgan fingerprint density at radius 2 is 1.95 bits per heavy atom. The molecular weight excluding hydrogens is 608 g/mol. The molecule has 0 radical (unpaired) electrons. The summed E-state index contributed by atoms with van der Waals surface area (Å²) in [5.74, 6) is -3.18. The zero-order valence-electron chi connectivity index (χ0n) is 23.8. The standard InChI is InChI=1S/C30H33FN5O6PS/c31-26(43(40,41)42)18-6-9-24-19(13-18)14-25(44-24)27(37)33-22-5-1-3-20-7-8-23(36(20)28(22)38)29(39)35-17-34(16-30(35)10-11-30)21-4-2-12-32-15-21/h2,4,6,9,12-15,20,22-23,26H,1,3,5,7-8,10-11,16-17H2,(H,33,37)(H2,40,41,42)/t20-,22-,23-,26-/m0/s1. The molecule has 1 spiro atoms. The van der Waals surface area contributed by atoms with Crippen molar-refractivity contribution >= 4 is 52.4 Å². The average Bonchev–Trinajstić information content (AvgIpc) is 3.34. The van der Waals surface area contributed by atoms with E-state index in [9.17, 15) is 33.1 Å². The lowest BCUT2D eigenvalue weighted by Crippen LogP contribution is -2.56. The molecule has 3 saturated heterocycles. The summed E-state index contributed by atoms with van der Waals surface area (Å²) < 4.78 is 26.3. The van der Waals surface area contributed by atoms with Crippen LogP contribution in [-0.4, -0.2) is 79.2 Å². The number of nitrogens with one attached hydrogen (secondary N) is 1. The molecule has 0 bridgehead atoms. The topological polar surface area (TPSA) is 143 Å².